The van der Waals surface area contributed by atoms with Gasteiger partial charge in [0.1, 0.15) is 11.6 Å². The van der Waals surface area contributed by atoms with Gasteiger partial charge in [0.05, 0.1) is 35.8 Å². The fraction of sp³-hybridized carbons (Fsp3) is 0.500. The number of carbonyl (C=O) groups excluding carboxylic acids is 2. The number of nitrogens with one attached hydrogen (secondary N) is 1. The van der Waals surface area contributed by atoms with Crippen LogP contribution >= 0.6 is 0 Å². The van der Waals surface area contributed by atoms with Crippen molar-refractivity contribution in [3.05, 3.63) is 105 Å². The number of benzene rings is 3. The van der Waals surface area contributed by atoms with Crippen molar-refractivity contribution in [3.8, 4) is 5.75 Å². The number of amides is 2. The minimum absolute atomic E-state index is 0.0141. The number of carbonyl (C=O) groups is 2. The molecule has 11 heteroatoms. The van der Waals surface area contributed by atoms with Crippen molar-refractivity contribution in [2.24, 2.45) is 17.3 Å². The van der Waals surface area contributed by atoms with E-state index in [1.165, 1.54) is 42.9 Å². The van der Waals surface area contributed by atoms with Crippen LogP contribution in [0.4, 0.5) is 4.39 Å². The van der Waals surface area contributed by atoms with Gasteiger partial charge in [0, 0.05) is 51.2 Å². The van der Waals surface area contributed by atoms with Gasteiger partial charge in [-0.15, -0.1) is 0 Å². The van der Waals surface area contributed by atoms with Gasteiger partial charge in [-0.25, -0.2) is 9.49 Å². The lowest BCUT2D eigenvalue weighted by Crippen LogP contribution is -2.50. The largest absolute Gasteiger partial charge is 0.508 e. The molecule has 0 radical (unpaired) electrons. The standard InChI is InChI=1S/C44H51FN4O6/c1-44-17-15-32-31-11-9-30(50)27-29(31)8-10-33(32)37(44)12-14-40(44)55-23-4-22-54-24-16-41(51)48-18-20-49(21-19-48)43(53)36-25-28(7-13-38(36)45)26-39-34-5-2-3-6-35(34)42(52)47-46-39/h2-3,5-7,9,11,13,25,27,32-33,37,40,50H,4,8,10,12,14-24,26H2,1H3,(H,47,52)/t32-,33-,37+,40?,44+/m1/s1. The summed E-state index contributed by atoms with van der Waals surface area (Å²) in [6.45, 7) is 5.37. The molecule has 1 saturated heterocycles. The number of aryl methyl sites for hydroxylation is 1. The van der Waals surface area contributed by atoms with E-state index in [1.807, 2.05) is 24.3 Å². The molecule has 0 spiro atoms. The van der Waals surface area contributed by atoms with Gasteiger partial charge >= 0.3 is 0 Å². The van der Waals surface area contributed by atoms with Crippen LogP contribution in [0.3, 0.4) is 0 Å². The second-order valence-electron chi connectivity index (χ2n) is 16.2. The molecule has 3 aliphatic carbocycles. The summed E-state index contributed by atoms with van der Waals surface area (Å²) in [5.74, 6) is 1.31. The van der Waals surface area contributed by atoms with E-state index in [0.29, 0.717) is 98.0 Å². The fourth-order valence-corrected chi connectivity index (χ4v) is 10.3. The number of fused-ring (bicyclic) bond motifs is 6. The number of H-pyrrole nitrogens is 1. The number of aromatic amines is 1. The van der Waals surface area contributed by atoms with E-state index in [9.17, 15) is 23.9 Å². The van der Waals surface area contributed by atoms with Gasteiger partial charge in [-0.2, -0.15) is 5.10 Å². The molecule has 4 aromatic rings. The van der Waals surface area contributed by atoms with Crippen molar-refractivity contribution < 1.29 is 28.6 Å². The van der Waals surface area contributed by atoms with Crippen molar-refractivity contribution >= 4 is 22.6 Å². The number of hydrogen-bond acceptors (Lipinski definition) is 7. The molecule has 2 saturated carbocycles. The third-order valence-electron chi connectivity index (χ3n) is 13.2. The van der Waals surface area contributed by atoms with Crippen LogP contribution < -0.4 is 5.56 Å². The quantitative estimate of drug-likeness (QED) is 0.171. The maximum absolute atomic E-state index is 14.9. The molecule has 3 fully saturated rings. The molecule has 1 aromatic heterocycles. The summed E-state index contributed by atoms with van der Waals surface area (Å²) in [6, 6.07) is 17.6. The van der Waals surface area contributed by atoms with E-state index in [0.717, 1.165) is 19.3 Å². The lowest BCUT2D eigenvalue weighted by Gasteiger charge is -2.50. The highest BCUT2D eigenvalue weighted by Crippen LogP contribution is 2.61. The highest BCUT2D eigenvalue weighted by atomic mass is 19.1. The summed E-state index contributed by atoms with van der Waals surface area (Å²) in [7, 11) is 0. The van der Waals surface area contributed by atoms with E-state index in [2.05, 4.69) is 23.2 Å². The highest BCUT2D eigenvalue weighted by molar-refractivity contribution is 5.95. The Morgan fingerprint density at radius 1 is 0.945 bits per heavy atom. The van der Waals surface area contributed by atoms with Crippen LogP contribution in [0.15, 0.2) is 65.5 Å². The van der Waals surface area contributed by atoms with E-state index in [1.54, 1.807) is 34.1 Å². The van der Waals surface area contributed by atoms with Gasteiger partial charge in [-0.1, -0.05) is 37.3 Å². The van der Waals surface area contributed by atoms with Crippen molar-refractivity contribution in [1.82, 2.24) is 20.0 Å². The summed E-state index contributed by atoms with van der Waals surface area (Å²) in [5.41, 5.74) is 4.03. The Hall–Kier alpha value is -4.61. The van der Waals surface area contributed by atoms with E-state index >= 15 is 0 Å². The number of aromatic hydroxyl groups is 1. The van der Waals surface area contributed by atoms with Crippen LogP contribution in [0.1, 0.15) is 90.5 Å². The van der Waals surface area contributed by atoms with Crippen LogP contribution in [0.5, 0.6) is 5.75 Å². The summed E-state index contributed by atoms with van der Waals surface area (Å²) < 4.78 is 27.3. The Balaban J connectivity index is 0.745. The molecule has 55 heavy (non-hydrogen) atoms. The molecule has 2 amide bonds. The molecule has 8 rings (SSSR count). The van der Waals surface area contributed by atoms with Gasteiger partial charge in [-0.3, -0.25) is 14.4 Å². The number of hydrogen-bond donors (Lipinski definition) is 2. The lowest BCUT2D eigenvalue weighted by molar-refractivity contribution is -0.133. The van der Waals surface area contributed by atoms with E-state index < -0.39 is 11.7 Å². The zero-order valence-electron chi connectivity index (χ0n) is 31.6. The van der Waals surface area contributed by atoms with Gasteiger partial charge in [0.2, 0.25) is 5.91 Å². The van der Waals surface area contributed by atoms with E-state index in [-0.39, 0.29) is 35.0 Å². The van der Waals surface area contributed by atoms with Crippen molar-refractivity contribution in [3.63, 3.8) is 0 Å². The van der Waals surface area contributed by atoms with Gasteiger partial charge < -0.3 is 24.4 Å². The predicted octanol–water partition coefficient (Wildman–Crippen LogP) is 6.38. The number of aromatic nitrogens is 2. The smallest absolute Gasteiger partial charge is 0.272 e. The maximum Gasteiger partial charge on any atom is 0.272 e. The van der Waals surface area contributed by atoms with Crippen LogP contribution in [0, 0.1) is 23.1 Å². The minimum Gasteiger partial charge on any atom is -0.508 e. The summed E-state index contributed by atoms with van der Waals surface area (Å²) in [6.07, 6.45) is 8.57. The molecule has 3 aromatic carbocycles. The molecule has 2 heterocycles. The Morgan fingerprint density at radius 2 is 1.75 bits per heavy atom. The van der Waals surface area contributed by atoms with Crippen LogP contribution in [-0.2, 0) is 27.1 Å². The van der Waals surface area contributed by atoms with Crippen LogP contribution in [0.2, 0.25) is 0 Å². The number of phenols is 1. The molecule has 5 atom stereocenters. The lowest BCUT2D eigenvalue weighted by atomic mass is 9.55. The predicted molar refractivity (Wildman–Crippen MR) is 207 cm³/mol. The van der Waals surface area contributed by atoms with Crippen molar-refractivity contribution in [2.75, 3.05) is 46.0 Å². The minimum atomic E-state index is -0.600. The average Bonchev–Trinajstić information content (AvgIpc) is 3.54. The first kappa shape index (κ1) is 37.3. The van der Waals surface area contributed by atoms with Crippen molar-refractivity contribution in [1.29, 1.82) is 0 Å². The number of nitrogens with zero attached hydrogens (tertiary/aromatic N) is 3. The second kappa shape index (κ2) is 15.9. The highest BCUT2D eigenvalue weighted by Gasteiger charge is 2.55. The first-order chi connectivity index (χ1) is 26.7. The molecule has 1 aliphatic heterocycles. The summed E-state index contributed by atoms with van der Waals surface area (Å²) in [5, 5.41) is 18.0. The zero-order valence-corrected chi connectivity index (χ0v) is 31.6. The van der Waals surface area contributed by atoms with E-state index in [4.69, 9.17) is 9.47 Å². The first-order valence-electron chi connectivity index (χ1n) is 20.0. The topological polar surface area (TPSA) is 125 Å². The number of phenolic OH excluding ortho intramolecular Hbond substituents is 1. The normalized spacial score (nSPS) is 24.7. The Kier molecular flexibility index (Phi) is 10.8. The maximum atomic E-state index is 14.9. The average molecular weight is 751 g/mol. The number of rotatable bonds is 11. The van der Waals surface area contributed by atoms with Gasteiger partial charge in [-0.05, 0) is 115 Å². The van der Waals surface area contributed by atoms with Crippen molar-refractivity contribution in [2.45, 2.75) is 76.7 Å². The fourth-order valence-electron chi connectivity index (χ4n) is 10.3. The van der Waals surface area contributed by atoms with Gasteiger partial charge in [0.25, 0.3) is 11.5 Å². The molecule has 290 valence electrons. The Bertz CT molecular complexity index is 2110. The Morgan fingerprint density at radius 3 is 2.58 bits per heavy atom. The number of ether oxygens (including phenoxy) is 2. The monoisotopic (exact) mass is 750 g/mol. The molecular weight excluding hydrogens is 700 g/mol. The third-order valence-corrected chi connectivity index (χ3v) is 13.2. The Labute approximate surface area is 321 Å². The molecule has 1 unspecified atom stereocenters. The van der Waals surface area contributed by atoms with Crippen LogP contribution in [0.25, 0.3) is 10.8 Å². The zero-order chi connectivity index (χ0) is 38.1. The molecule has 10 nitrogen and oxygen atoms in total. The number of piperazine rings is 1. The summed E-state index contributed by atoms with van der Waals surface area (Å²) >= 11 is 0. The SMILES string of the molecule is C[C@]12CC[C@@H]3c4ccc(O)cc4CC[C@H]3[C@@H]1CCC2OCCCOCCC(=O)N1CCN(C(=O)c2cc(Cc3n[nH]c(=O)c4ccccc34)ccc2F)CC1. The molecule has 0 bridgehead atoms. The molecule has 2 N–H and O–H groups in total. The number of halogens is 1. The third kappa shape index (κ3) is 7.53. The first-order valence-corrected chi connectivity index (χ1v) is 20.0. The second-order valence-corrected chi connectivity index (χ2v) is 16.2. The molecular formula is C44H51FN4O6. The summed E-state index contributed by atoms with van der Waals surface area (Å²) in [4.78, 5) is 41.9. The van der Waals surface area contributed by atoms with Crippen LogP contribution in [-0.4, -0.2) is 89.0 Å². The molecule has 4 aliphatic rings. The van der Waals surface area contributed by atoms with Gasteiger partial charge in [0.15, 0.2) is 0 Å².